The molecule has 16 heavy (non-hydrogen) atoms. The normalized spacial score (nSPS) is 21.8. The molecule has 0 aromatic carbocycles. The Balaban J connectivity index is 1.90. The highest BCUT2D eigenvalue weighted by Gasteiger charge is 2.20. The topological polar surface area (TPSA) is 47.7 Å². The third kappa shape index (κ3) is 5.80. The predicted molar refractivity (Wildman–Crippen MR) is 65.5 cm³/mol. The molecule has 0 saturated carbocycles. The van der Waals surface area contributed by atoms with Gasteiger partial charge in [-0.3, -0.25) is 0 Å². The molecule has 1 rings (SSSR count). The van der Waals surface area contributed by atoms with E-state index in [1.807, 2.05) is 0 Å². The lowest BCUT2D eigenvalue weighted by Gasteiger charge is -2.15. The molecular weight excluding hydrogens is 204 g/mol. The van der Waals surface area contributed by atoms with Crippen LogP contribution in [0.4, 0.5) is 0 Å². The summed E-state index contributed by atoms with van der Waals surface area (Å²) in [6.07, 6.45) is 3.63. The minimum atomic E-state index is 0.697. The molecule has 2 N–H and O–H groups in total. The molecule has 0 amide bonds. The Labute approximate surface area is 99.1 Å². The van der Waals surface area contributed by atoms with E-state index < -0.39 is 0 Å². The highest BCUT2D eigenvalue weighted by molar-refractivity contribution is 4.75. The summed E-state index contributed by atoms with van der Waals surface area (Å²) in [6, 6.07) is 0. The van der Waals surface area contributed by atoms with Gasteiger partial charge in [-0.1, -0.05) is 0 Å². The quantitative estimate of drug-likeness (QED) is 0.593. The van der Waals surface area contributed by atoms with Crippen LogP contribution < -0.4 is 5.73 Å². The number of nitrogens with zero attached hydrogens (tertiary/aromatic N) is 1. The van der Waals surface area contributed by atoms with Crippen LogP contribution in [0.1, 0.15) is 19.3 Å². The van der Waals surface area contributed by atoms with Gasteiger partial charge in [0, 0.05) is 26.8 Å². The molecule has 0 bridgehead atoms. The minimum absolute atomic E-state index is 0.697. The van der Waals surface area contributed by atoms with E-state index >= 15 is 0 Å². The average molecular weight is 230 g/mol. The number of hydrogen-bond acceptors (Lipinski definition) is 4. The lowest BCUT2D eigenvalue weighted by atomic mass is 10.1. The van der Waals surface area contributed by atoms with Crippen LogP contribution in [0, 0.1) is 5.92 Å². The Morgan fingerprint density at radius 3 is 2.94 bits per heavy atom. The Kier molecular flexibility index (Phi) is 7.76. The predicted octanol–water partition coefficient (Wildman–Crippen LogP) is 0.710. The van der Waals surface area contributed by atoms with Crippen LogP contribution in [-0.2, 0) is 9.47 Å². The third-order valence-corrected chi connectivity index (χ3v) is 3.14. The molecule has 96 valence electrons. The molecule has 0 spiro atoms. The monoisotopic (exact) mass is 230 g/mol. The van der Waals surface area contributed by atoms with Gasteiger partial charge in [-0.05, 0) is 38.3 Å². The van der Waals surface area contributed by atoms with Gasteiger partial charge in [-0.2, -0.15) is 0 Å². The van der Waals surface area contributed by atoms with Crippen LogP contribution in [0.15, 0.2) is 0 Å². The van der Waals surface area contributed by atoms with Crippen molar-refractivity contribution in [2.24, 2.45) is 11.7 Å². The Bertz CT molecular complexity index is 167. The summed E-state index contributed by atoms with van der Waals surface area (Å²) >= 11 is 0. The first-order valence-electron chi connectivity index (χ1n) is 6.36. The van der Waals surface area contributed by atoms with Crippen LogP contribution in [0.2, 0.25) is 0 Å². The minimum Gasteiger partial charge on any atom is -0.382 e. The first-order valence-corrected chi connectivity index (χ1v) is 6.36. The molecule has 4 heteroatoms. The summed E-state index contributed by atoms with van der Waals surface area (Å²) in [5.41, 5.74) is 5.57. The number of methoxy groups -OCH3 is 1. The van der Waals surface area contributed by atoms with Crippen molar-refractivity contribution in [1.82, 2.24) is 4.90 Å². The SMILES string of the molecule is COCCOCCCN1CCC(CCN)C1. The summed E-state index contributed by atoms with van der Waals surface area (Å²) < 4.78 is 10.4. The Morgan fingerprint density at radius 1 is 1.31 bits per heavy atom. The third-order valence-electron chi connectivity index (χ3n) is 3.14. The largest absolute Gasteiger partial charge is 0.382 e. The maximum Gasteiger partial charge on any atom is 0.0700 e. The summed E-state index contributed by atoms with van der Waals surface area (Å²) in [5, 5.41) is 0. The fourth-order valence-electron chi connectivity index (χ4n) is 2.22. The fourth-order valence-corrected chi connectivity index (χ4v) is 2.22. The van der Waals surface area contributed by atoms with E-state index in [4.69, 9.17) is 15.2 Å². The van der Waals surface area contributed by atoms with Gasteiger partial charge >= 0.3 is 0 Å². The van der Waals surface area contributed by atoms with E-state index in [9.17, 15) is 0 Å². The van der Waals surface area contributed by atoms with E-state index in [1.54, 1.807) is 7.11 Å². The van der Waals surface area contributed by atoms with E-state index in [-0.39, 0.29) is 0 Å². The molecule has 1 unspecified atom stereocenters. The van der Waals surface area contributed by atoms with Crippen molar-refractivity contribution < 1.29 is 9.47 Å². The molecule has 4 nitrogen and oxygen atoms in total. The van der Waals surface area contributed by atoms with Crippen LogP contribution in [0.25, 0.3) is 0 Å². The first kappa shape index (κ1) is 13.9. The van der Waals surface area contributed by atoms with E-state index in [2.05, 4.69) is 4.90 Å². The summed E-state index contributed by atoms with van der Waals surface area (Å²) in [6.45, 7) is 6.72. The maximum atomic E-state index is 5.57. The fraction of sp³-hybridized carbons (Fsp3) is 1.00. The zero-order valence-electron chi connectivity index (χ0n) is 10.5. The molecule has 1 atom stereocenters. The van der Waals surface area contributed by atoms with Crippen LogP contribution >= 0.6 is 0 Å². The van der Waals surface area contributed by atoms with Crippen LogP contribution in [0.5, 0.6) is 0 Å². The van der Waals surface area contributed by atoms with Gasteiger partial charge in [0.05, 0.1) is 13.2 Å². The van der Waals surface area contributed by atoms with Gasteiger partial charge in [0.1, 0.15) is 0 Å². The average Bonchev–Trinajstić information content (AvgIpc) is 2.72. The van der Waals surface area contributed by atoms with Crippen molar-refractivity contribution in [3.05, 3.63) is 0 Å². The summed E-state index contributed by atoms with van der Waals surface area (Å²) in [4.78, 5) is 2.53. The highest BCUT2D eigenvalue weighted by atomic mass is 16.5. The van der Waals surface area contributed by atoms with Crippen molar-refractivity contribution in [3.8, 4) is 0 Å². The first-order chi connectivity index (χ1) is 7.86. The van der Waals surface area contributed by atoms with E-state index in [1.165, 1.54) is 25.9 Å². The molecule has 1 saturated heterocycles. The van der Waals surface area contributed by atoms with Gasteiger partial charge in [0.15, 0.2) is 0 Å². The van der Waals surface area contributed by atoms with Crippen LogP contribution in [0.3, 0.4) is 0 Å². The second-order valence-electron chi connectivity index (χ2n) is 4.49. The zero-order chi connectivity index (χ0) is 11.6. The molecule has 1 aliphatic rings. The second kappa shape index (κ2) is 8.93. The Hall–Kier alpha value is -0.160. The standard InChI is InChI=1S/C12H26N2O2/c1-15-9-10-16-8-2-6-14-7-4-12(11-14)3-5-13/h12H,2-11,13H2,1H3. The van der Waals surface area contributed by atoms with Crippen molar-refractivity contribution in [1.29, 1.82) is 0 Å². The summed E-state index contributed by atoms with van der Waals surface area (Å²) in [5.74, 6) is 0.833. The number of ether oxygens (including phenoxy) is 2. The molecule has 1 heterocycles. The maximum absolute atomic E-state index is 5.57. The van der Waals surface area contributed by atoms with Gasteiger partial charge in [-0.15, -0.1) is 0 Å². The van der Waals surface area contributed by atoms with E-state index in [0.29, 0.717) is 13.2 Å². The van der Waals surface area contributed by atoms with Gasteiger partial charge in [0.25, 0.3) is 0 Å². The molecule has 1 aliphatic heterocycles. The number of hydrogen-bond donors (Lipinski definition) is 1. The van der Waals surface area contributed by atoms with Gasteiger partial charge in [-0.25, -0.2) is 0 Å². The number of likely N-dealkylation sites (tertiary alicyclic amines) is 1. The summed E-state index contributed by atoms with van der Waals surface area (Å²) in [7, 11) is 1.70. The lowest BCUT2D eigenvalue weighted by Crippen LogP contribution is -2.23. The number of nitrogens with two attached hydrogens (primary N) is 1. The molecule has 0 aromatic rings. The van der Waals surface area contributed by atoms with Crippen molar-refractivity contribution >= 4 is 0 Å². The molecular formula is C12H26N2O2. The molecule has 1 fully saturated rings. The van der Waals surface area contributed by atoms with Crippen molar-refractivity contribution in [2.75, 3.05) is 53.1 Å². The highest BCUT2D eigenvalue weighted by Crippen LogP contribution is 2.18. The van der Waals surface area contributed by atoms with Crippen LogP contribution in [-0.4, -0.2) is 58.0 Å². The molecule has 0 aromatic heterocycles. The lowest BCUT2D eigenvalue weighted by molar-refractivity contribution is 0.0661. The zero-order valence-corrected chi connectivity index (χ0v) is 10.5. The Morgan fingerprint density at radius 2 is 2.19 bits per heavy atom. The molecule has 0 radical (unpaired) electrons. The van der Waals surface area contributed by atoms with E-state index in [0.717, 1.165) is 32.0 Å². The number of rotatable bonds is 9. The second-order valence-corrected chi connectivity index (χ2v) is 4.49. The van der Waals surface area contributed by atoms with Crippen molar-refractivity contribution in [2.45, 2.75) is 19.3 Å². The molecule has 0 aliphatic carbocycles. The van der Waals surface area contributed by atoms with Gasteiger partial charge in [0.2, 0.25) is 0 Å². The smallest absolute Gasteiger partial charge is 0.0700 e. The van der Waals surface area contributed by atoms with Gasteiger partial charge < -0.3 is 20.1 Å². The van der Waals surface area contributed by atoms with Crippen molar-refractivity contribution in [3.63, 3.8) is 0 Å².